The Kier molecular flexibility index (Phi) is 6.10. The Labute approximate surface area is 175 Å². The van der Waals surface area contributed by atoms with Gasteiger partial charge in [-0.25, -0.2) is 9.78 Å². The van der Waals surface area contributed by atoms with Crippen molar-refractivity contribution in [2.75, 3.05) is 5.32 Å². The molecule has 1 N–H and O–H groups in total. The highest BCUT2D eigenvalue weighted by Crippen LogP contribution is 2.26. The number of amides is 1. The highest BCUT2D eigenvalue weighted by molar-refractivity contribution is 5.95. The van der Waals surface area contributed by atoms with Gasteiger partial charge in [0.1, 0.15) is 17.1 Å². The van der Waals surface area contributed by atoms with Gasteiger partial charge in [-0.1, -0.05) is 6.92 Å². The first-order valence-corrected chi connectivity index (χ1v) is 9.92. The summed E-state index contributed by atoms with van der Waals surface area (Å²) in [7, 11) is 0. The summed E-state index contributed by atoms with van der Waals surface area (Å²) in [5.74, 6) is 0.441. The van der Waals surface area contributed by atoms with Crippen LogP contribution in [0.1, 0.15) is 56.6 Å². The maximum atomic E-state index is 12.1. The minimum Gasteiger partial charge on any atom is -0.444 e. The molecule has 3 rings (SSSR count). The highest BCUT2D eigenvalue weighted by Gasteiger charge is 2.17. The first-order valence-electron chi connectivity index (χ1n) is 9.92. The van der Waals surface area contributed by atoms with Crippen molar-refractivity contribution < 1.29 is 14.3 Å². The predicted octanol–water partition coefficient (Wildman–Crippen LogP) is 5.33. The zero-order valence-corrected chi connectivity index (χ0v) is 17.9. The molecule has 0 aliphatic carbocycles. The van der Waals surface area contributed by atoms with Gasteiger partial charge in [0.25, 0.3) is 0 Å². The van der Waals surface area contributed by atoms with Gasteiger partial charge in [-0.2, -0.15) is 0 Å². The van der Waals surface area contributed by atoms with Crippen molar-refractivity contribution in [3.8, 4) is 11.3 Å². The Balaban J connectivity index is 1.84. The van der Waals surface area contributed by atoms with E-state index in [0.717, 1.165) is 34.0 Å². The molecule has 3 aromatic rings. The molecule has 7 nitrogen and oxygen atoms in total. The number of aryl methyl sites for hydroxylation is 1. The number of ketones is 1. The summed E-state index contributed by atoms with van der Waals surface area (Å²) in [6.07, 6.45) is 5.82. The fourth-order valence-corrected chi connectivity index (χ4v) is 2.99. The average molecular weight is 406 g/mol. The minimum atomic E-state index is -0.583. The normalized spacial score (nSPS) is 11.4. The third kappa shape index (κ3) is 5.17. The number of rotatable bonds is 5. The molecular weight excluding hydrogens is 380 g/mol. The molecule has 7 heteroatoms. The number of Topliss-reactive ketones (excluding diaryl/α,β-unsaturated/α-hetero) is 1. The molecule has 3 heterocycles. The first kappa shape index (κ1) is 21.4. The third-order valence-electron chi connectivity index (χ3n) is 4.38. The van der Waals surface area contributed by atoms with E-state index in [1.807, 2.05) is 26.0 Å². The van der Waals surface area contributed by atoms with Gasteiger partial charge in [-0.3, -0.25) is 20.1 Å². The van der Waals surface area contributed by atoms with Crippen LogP contribution in [0.2, 0.25) is 0 Å². The van der Waals surface area contributed by atoms with Crippen LogP contribution in [-0.4, -0.2) is 32.4 Å². The second-order valence-corrected chi connectivity index (χ2v) is 8.17. The van der Waals surface area contributed by atoms with Crippen LogP contribution in [0, 0.1) is 6.92 Å². The Morgan fingerprint density at radius 1 is 1.00 bits per heavy atom. The van der Waals surface area contributed by atoms with E-state index in [9.17, 15) is 9.59 Å². The Morgan fingerprint density at radius 3 is 2.37 bits per heavy atom. The van der Waals surface area contributed by atoms with E-state index in [-0.39, 0.29) is 5.78 Å². The van der Waals surface area contributed by atoms with E-state index in [4.69, 9.17) is 4.74 Å². The monoisotopic (exact) mass is 406 g/mol. The molecule has 0 aliphatic rings. The van der Waals surface area contributed by atoms with Gasteiger partial charge in [0.2, 0.25) is 0 Å². The Morgan fingerprint density at radius 2 is 1.70 bits per heavy atom. The molecule has 0 saturated carbocycles. The number of hydrogen-bond acceptors (Lipinski definition) is 6. The van der Waals surface area contributed by atoms with Gasteiger partial charge in [0.05, 0.1) is 5.69 Å². The van der Waals surface area contributed by atoms with Crippen molar-refractivity contribution >= 4 is 28.5 Å². The van der Waals surface area contributed by atoms with Gasteiger partial charge in [0, 0.05) is 41.3 Å². The molecule has 0 aromatic carbocycles. The van der Waals surface area contributed by atoms with E-state index < -0.39 is 11.7 Å². The fraction of sp³-hybridized carbons (Fsp3) is 0.348. The summed E-state index contributed by atoms with van der Waals surface area (Å²) in [6, 6.07) is 5.47. The van der Waals surface area contributed by atoms with Crippen molar-refractivity contribution in [1.82, 2.24) is 15.0 Å². The fourth-order valence-electron chi connectivity index (χ4n) is 2.99. The molecule has 0 fully saturated rings. The van der Waals surface area contributed by atoms with Crippen molar-refractivity contribution in [1.29, 1.82) is 0 Å². The minimum absolute atomic E-state index is 0.0489. The Bertz CT molecular complexity index is 1100. The largest absolute Gasteiger partial charge is 0.444 e. The number of ether oxygens (including phenoxy) is 1. The van der Waals surface area contributed by atoms with Crippen molar-refractivity contribution in [2.45, 2.75) is 53.1 Å². The molecule has 0 atom stereocenters. The van der Waals surface area contributed by atoms with Crippen LogP contribution < -0.4 is 5.32 Å². The second-order valence-electron chi connectivity index (χ2n) is 8.17. The summed E-state index contributed by atoms with van der Waals surface area (Å²) in [5.41, 5.74) is 2.45. The molecule has 0 aliphatic heterocycles. The highest BCUT2D eigenvalue weighted by atomic mass is 16.6. The number of hydrogen-bond donors (Lipinski definition) is 1. The third-order valence-corrected chi connectivity index (χ3v) is 4.38. The maximum Gasteiger partial charge on any atom is 0.413 e. The van der Waals surface area contributed by atoms with Gasteiger partial charge in [-0.15, -0.1) is 0 Å². The van der Waals surface area contributed by atoms with Gasteiger partial charge < -0.3 is 4.74 Å². The molecule has 0 spiro atoms. The van der Waals surface area contributed by atoms with Crippen LogP contribution >= 0.6 is 0 Å². The quantitative estimate of drug-likeness (QED) is 0.576. The lowest BCUT2D eigenvalue weighted by molar-refractivity contribution is 0.0635. The molecule has 0 bridgehead atoms. The van der Waals surface area contributed by atoms with Gasteiger partial charge >= 0.3 is 6.09 Å². The van der Waals surface area contributed by atoms with Crippen LogP contribution in [0.4, 0.5) is 10.6 Å². The number of aromatic nitrogens is 3. The van der Waals surface area contributed by atoms with Gasteiger partial charge in [0.15, 0.2) is 5.78 Å². The lowest BCUT2D eigenvalue weighted by Gasteiger charge is -2.19. The SMILES string of the molecule is CCCC(=O)c1cc(C)c(-c2cc3cnc(NC(=O)OC(C)(C)C)cc3cn2)cn1. The molecule has 3 aromatic heterocycles. The lowest BCUT2D eigenvalue weighted by Crippen LogP contribution is -2.27. The average Bonchev–Trinajstić information content (AvgIpc) is 2.66. The van der Waals surface area contributed by atoms with E-state index in [0.29, 0.717) is 17.9 Å². The number of fused-ring (bicyclic) bond motifs is 1. The number of carbonyl (C=O) groups is 2. The lowest BCUT2D eigenvalue weighted by atomic mass is 10.0. The summed E-state index contributed by atoms with van der Waals surface area (Å²) < 4.78 is 5.25. The molecule has 1 amide bonds. The van der Waals surface area contributed by atoms with E-state index in [1.165, 1.54) is 0 Å². The maximum absolute atomic E-state index is 12.1. The van der Waals surface area contributed by atoms with Crippen LogP contribution in [0.15, 0.2) is 36.8 Å². The summed E-state index contributed by atoms with van der Waals surface area (Å²) in [6.45, 7) is 9.32. The van der Waals surface area contributed by atoms with Crippen LogP contribution in [-0.2, 0) is 4.74 Å². The Hall–Kier alpha value is -3.35. The predicted molar refractivity (Wildman–Crippen MR) is 117 cm³/mol. The number of pyridine rings is 3. The summed E-state index contributed by atoms with van der Waals surface area (Å²) in [4.78, 5) is 37.2. The number of nitrogens with one attached hydrogen (secondary N) is 1. The smallest absolute Gasteiger partial charge is 0.413 e. The van der Waals surface area contributed by atoms with Crippen LogP contribution in [0.3, 0.4) is 0 Å². The van der Waals surface area contributed by atoms with E-state index >= 15 is 0 Å². The van der Waals surface area contributed by atoms with Crippen LogP contribution in [0.25, 0.3) is 22.0 Å². The topological polar surface area (TPSA) is 94.1 Å². The zero-order chi connectivity index (χ0) is 21.9. The van der Waals surface area contributed by atoms with E-state index in [1.54, 1.807) is 45.4 Å². The zero-order valence-electron chi connectivity index (χ0n) is 17.9. The molecule has 0 unspecified atom stereocenters. The molecule has 156 valence electrons. The molecule has 0 radical (unpaired) electrons. The number of nitrogens with zero attached hydrogens (tertiary/aromatic N) is 3. The molecular formula is C23H26N4O3. The van der Waals surface area contributed by atoms with Gasteiger partial charge in [-0.05, 0) is 57.9 Å². The molecule has 30 heavy (non-hydrogen) atoms. The summed E-state index contributed by atoms with van der Waals surface area (Å²) >= 11 is 0. The first-order chi connectivity index (χ1) is 14.2. The summed E-state index contributed by atoms with van der Waals surface area (Å²) in [5, 5.41) is 4.34. The van der Waals surface area contributed by atoms with Crippen molar-refractivity contribution in [2.24, 2.45) is 0 Å². The number of carbonyl (C=O) groups excluding carboxylic acids is 2. The number of anilines is 1. The van der Waals surface area contributed by atoms with Crippen LogP contribution in [0.5, 0.6) is 0 Å². The standard InChI is InChI=1S/C23H26N4O3/c1-6-7-20(28)19-8-14(2)17(13-25-19)18-9-15-12-26-21(10-16(15)11-24-18)27-22(29)30-23(3,4)5/h8-13H,6-7H2,1-5H3,(H,26,27,29). The second kappa shape index (κ2) is 8.57. The molecule has 0 saturated heterocycles. The van der Waals surface area contributed by atoms with Crippen molar-refractivity contribution in [3.63, 3.8) is 0 Å². The van der Waals surface area contributed by atoms with E-state index in [2.05, 4.69) is 20.3 Å². The van der Waals surface area contributed by atoms with Crippen molar-refractivity contribution in [3.05, 3.63) is 48.0 Å².